The normalized spacial score (nSPS) is 19.6. The average Bonchev–Trinajstić information content (AvgIpc) is 3.20. The minimum atomic E-state index is -0.160. The van der Waals surface area contributed by atoms with Crippen LogP contribution in [0.3, 0.4) is 0 Å². The molecule has 1 saturated carbocycles. The van der Waals surface area contributed by atoms with E-state index in [-0.39, 0.29) is 11.9 Å². The van der Waals surface area contributed by atoms with Gasteiger partial charge in [-0.2, -0.15) is 0 Å². The molecule has 0 aromatic carbocycles. The summed E-state index contributed by atoms with van der Waals surface area (Å²) in [6.45, 7) is 0.820. The molecule has 3 aromatic heterocycles. The average molecular weight is 383 g/mol. The van der Waals surface area contributed by atoms with E-state index in [0.717, 1.165) is 54.6 Å². The number of hydrogen-bond acceptors (Lipinski definition) is 5. The summed E-state index contributed by atoms with van der Waals surface area (Å²) in [5.41, 5.74) is 1.59. The third-order valence-electron chi connectivity index (χ3n) is 5.15. The van der Waals surface area contributed by atoms with Gasteiger partial charge in [0.2, 0.25) is 5.91 Å². The van der Waals surface area contributed by atoms with Crippen molar-refractivity contribution in [2.75, 3.05) is 11.4 Å². The van der Waals surface area contributed by atoms with Crippen molar-refractivity contribution in [1.29, 1.82) is 0 Å². The molecule has 0 bridgehead atoms. The Morgan fingerprint density at radius 3 is 3.04 bits per heavy atom. The monoisotopic (exact) mass is 382 g/mol. The highest BCUT2D eigenvalue weighted by Crippen LogP contribution is 2.30. The predicted molar refractivity (Wildman–Crippen MR) is 104 cm³/mol. The van der Waals surface area contributed by atoms with E-state index in [4.69, 9.17) is 16.6 Å². The molecule has 27 heavy (non-hydrogen) atoms. The predicted octanol–water partition coefficient (Wildman–Crippen LogP) is 2.92. The van der Waals surface area contributed by atoms with Crippen LogP contribution in [0.15, 0.2) is 30.7 Å². The van der Waals surface area contributed by atoms with Crippen LogP contribution in [-0.4, -0.2) is 44.5 Å². The number of hydrogen-bond donors (Lipinski definition) is 2. The van der Waals surface area contributed by atoms with Gasteiger partial charge in [-0.25, -0.2) is 15.0 Å². The van der Waals surface area contributed by atoms with Crippen molar-refractivity contribution in [2.24, 2.45) is 0 Å². The first-order valence-corrected chi connectivity index (χ1v) is 9.60. The van der Waals surface area contributed by atoms with Crippen LogP contribution in [-0.2, 0) is 4.79 Å². The molecule has 1 atom stereocenters. The lowest BCUT2D eigenvalue weighted by molar-refractivity contribution is -0.122. The van der Waals surface area contributed by atoms with Crippen molar-refractivity contribution in [3.8, 4) is 11.4 Å². The van der Waals surface area contributed by atoms with Crippen molar-refractivity contribution in [2.45, 2.75) is 37.8 Å². The molecule has 1 amide bonds. The lowest BCUT2D eigenvalue weighted by Gasteiger charge is -2.25. The summed E-state index contributed by atoms with van der Waals surface area (Å²) in [6.07, 6.45) is 9.20. The largest absolute Gasteiger partial charge is 0.352 e. The fourth-order valence-corrected chi connectivity index (χ4v) is 3.80. The molecule has 5 rings (SSSR count). The van der Waals surface area contributed by atoms with Crippen molar-refractivity contribution >= 4 is 34.4 Å². The van der Waals surface area contributed by atoms with E-state index in [1.54, 1.807) is 12.4 Å². The number of aromatic amines is 1. The zero-order valence-corrected chi connectivity index (χ0v) is 15.4. The minimum Gasteiger partial charge on any atom is -0.352 e. The summed E-state index contributed by atoms with van der Waals surface area (Å²) in [7, 11) is 0. The highest BCUT2D eigenvalue weighted by molar-refractivity contribution is 6.31. The van der Waals surface area contributed by atoms with Gasteiger partial charge in [0, 0.05) is 42.1 Å². The number of anilines is 1. The first-order valence-electron chi connectivity index (χ1n) is 9.22. The van der Waals surface area contributed by atoms with E-state index in [2.05, 4.69) is 25.2 Å². The van der Waals surface area contributed by atoms with Crippen LogP contribution >= 0.6 is 11.6 Å². The van der Waals surface area contributed by atoms with Crippen LogP contribution in [0.1, 0.15) is 25.7 Å². The van der Waals surface area contributed by atoms with E-state index in [1.165, 1.54) is 0 Å². The molecule has 1 aliphatic carbocycles. The molecule has 138 valence electrons. The van der Waals surface area contributed by atoms with Gasteiger partial charge < -0.3 is 15.2 Å². The number of aromatic nitrogens is 4. The van der Waals surface area contributed by atoms with Gasteiger partial charge in [-0.3, -0.25) is 4.79 Å². The maximum absolute atomic E-state index is 12.6. The van der Waals surface area contributed by atoms with Crippen LogP contribution in [0.4, 0.5) is 5.82 Å². The molecule has 3 aromatic rings. The topological polar surface area (TPSA) is 86.8 Å². The van der Waals surface area contributed by atoms with Crippen molar-refractivity contribution < 1.29 is 4.79 Å². The third-order valence-corrected chi connectivity index (χ3v) is 5.36. The number of carbonyl (C=O) groups is 1. The van der Waals surface area contributed by atoms with E-state index >= 15 is 0 Å². The van der Waals surface area contributed by atoms with Crippen LogP contribution in [0.25, 0.3) is 22.4 Å². The zero-order valence-electron chi connectivity index (χ0n) is 14.7. The number of pyridine rings is 1. The van der Waals surface area contributed by atoms with Gasteiger partial charge in [0.15, 0.2) is 5.82 Å². The number of nitrogens with one attached hydrogen (secondary N) is 2. The molecule has 4 heterocycles. The first kappa shape index (κ1) is 16.5. The molecular weight excluding hydrogens is 364 g/mol. The summed E-state index contributed by atoms with van der Waals surface area (Å²) in [6, 6.07) is 3.93. The lowest BCUT2D eigenvalue weighted by Crippen LogP contribution is -2.44. The molecule has 0 spiro atoms. The number of halogens is 1. The van der Waals surface area contributed by atoms with Crippen molar-refractivity contribution in [3.63, 3.8) is 0 Å². The molecule has 0 unspecified atom stereocenters. The molecule has 8 heteroatoms. The molecule has 0 radical (unpaired) electrons. The minimum absolute atomic E-state index is 0.109. The Kier molecular flexibility index (Phi) is 3.97. The van der Waals surface area contributed by atoms with Crippen molar-refractivity contribution in [3.05, 3.63) is 35.7 Å². The zero-order chi connectivity index (χ0) is 18.4. The van der Waals surface area contributed by atoms with Crippen molar-refractivity contribution in [1.82, 2.24) is 25.3 Å². The number of H-pyrrole nitrogens is 1. The second-order valence-corrected chi connectivity index (χ2v) is 7.56. The quantitative estimate of drug-likeness (QED) is 0.724. The number of rotatable bonds is 4. The lowest BCUT2D eigenvalue weighted by atomic mass is 10.2. The Hall–Kier alpha value is -2.67. The van der Waals surface area contributed by atoms with Crippen LogP contribution < -0.4 is 10.2 Å². The summed E-state index contributed by atoms with van der Waals surface area (Å²) >= 11 is 6.10. The standard InChI is InChI=1S/C19H19ClN6O/c20-11-8-13-14(10-23-17(13)22-9-11)18-21-6-5-16(25-18)26-7-1-2-15(26)19(27)24-12-3-4-12/h5-6,8-10,12,15H,1-4,7H2,(H,22,23)(H,24,27)/t15-/m1/s1. The summed E-state index contributed by atoms with van der Waals surface area (Å²) in [5.74, 6) is 1.48. The van der Waals surface area contributed by atoms with Gasteiger partial charge in [0.1, 0.15) is 17.5 Å². The summed E-state index contributed by atoms with van der Waals surface area (Å²) < 4.78 is 0. The molecule has 1 aliphatic heterocycles. The van der Waals surface area contributed by atoms with Crippen LogP contribution in [0.5, 0.6) is 0 Å². The second kappa shape index (κ2) is 6.49. The molecule has 7 nitrogen and oxygen atoms in total. The second-order valence-electron chi connectivity index (χ2n) is 7.12. The third kappa shape index (κ3) is 3.12. The highest BCUT2D eigenvalue weighted by atomic mass is 35.5. The van der Waals surface area contributed by atoms with E-state index in [9.17, 15) is 4.79 Å². The van der Waals surface area contributed by atoms with E-state index in [1.807, 2.05) is 18.3 Å². The van der Waals surface area contributed by atoms with Gasteiger partial charge in [-0.1, -0.05) is 11.6 Å². The number of amides is 1. The van der Waals surface area contributed by atoms with Gasteiger partial charge in [0.05, 0.1) is 5.02 Å². The van der Waals surface area contributed by atoms with Crippen LogP contribution in [0.2, 0.25) is 5.02 Å². The Labute approximate surface area is 161 Å². The van der Waals surface area contributed by atoms with Gasteiger partial charge in [-0.15, -0.1) is 0 Å². The van der Waals surface area contributed by atoms with Gasteiger partial charge >= 0.3 is 0 Å². The smallest absolute Gasteiger partial charge is 0.242 e. The SMILES string of the molecule is O=C(NC1CC1)[C@H]1CCCN1c1ccnc(-c2c[nH]c3ncc(Cl)cc23)n1. The van der Waals surface area contributed by atoms with Crippen LogP contribution in [0, 0.1) is 0 Å². The Morgan fingerprint density at radius 1 is 1.30 bits per heavy atom. The number of carbonyl (C=O) groups excluding carboxylic acids is 1. The number of fused-ring (bicyclic) bond motifs is 1. The fraction of sp³-hybridized carbons (Fsp3) is 0.368. The summed E-state index contributed by atoms with van der Waals surface area (Å²) in [4.78, 5) is 31.3. The van der Waals surface area contributed by atoms with Gasteiger partial charge in [-0.05, 0) is 37.8 Å². The van der Waals surface area contributed by atoms with E-state index in [0.29, 0.717) is 16.9 Å². The summed E-state index contributed by atoms with van der Waals surface area (Å²) in [5, 5.41) is 4.56. The van der Waals surface area contributed by atoms with Gasteiger partial charge in [0.25, 0.3) is 0 Å². The number of nitrogens with zero attached hydrogens (tertiary/aromatic N) is 4. The fourth-order valence-electron chi connectivity index (χ4n) is 3.64. The Balaban J connectivity index is 1.47. The molecular formula is C19H19ClN6O. The molecule has 2 aliphatic rings. The molecule has 2 N–H and O–H groups in total. The van der Waals surface area contributed by atoms with E-state index < -0.39 is 0 Å². The molecule has 1 saturated heterocycles. The molecule has 2 fully saturated rings. The maximum Gasteiger partial charge on any atom is 0.242 e. The Bertz CT molecular complexity index is 1010. The highest BCUT2D eigenvalue weighted by Gasteiger charge is 2.34. The Morgan fingerprint density at radius 2 is 2.19 bits per heavy atom. The first-order chi connectivity index (χ1) is 13.2. The maximum atomic E-state index is 12.6.